The van der Waals surface area contributed by atoms with Gasteiger partial charge in [0.05, 0.1) is 12.7 Å². The van der Waals surface area contributed by atoms with E-state index in [9.17, 15) is 14.0 Å². The quantitative estimate of drug-likeness (QED) is 0.575. The Kier molecular flexibility index (Phi) is 7.16. The van der Waals surface area contributed by atoms with Gasteiger partial charge >= 0.3 is 5.97 Å². The van der Waals surface area contributed by atoms with Crippen LogP contribution in [0.1, 0.15) is 21.5 Å². The molecular formula is C24H22FNO4. The minimum atomic E-state index is -0.966. The van der Waals surface area contributed by atoms with Gasteiger partial charge in [-0.3, -0.25) is 4.79 Å². The van der Waals surface area contributed by atoms with Gasteiger partial charge in [-0.25, -0.2) is 9.18 Å². The van der Waals surface area contributed by atoms with Gasteiger partial charge in [0.25, 0.3) is 5.91 Å². The van der Waals surface area contributed by atoms with Crippen LogP contribution in [0, 0.1) is 5.82 Å². The lowest BCUT2D eigenvalue weighted by Crippen LogP contribution is -2.43. The number of methoxy groups -OCH3 is 1. The molecule has 3 aromatic carbocycles. The maximum atomic E-state index is 13.9. The maximum absolute atomic E-state index is 13.9. The van der Waals surface area contributed by atoms with Gasteiger partial charge in [0.2, 0.25) is 0 Å². The van der Waals surface area contributed by atoms with Crippen LogP contribution in [-0.4, -0.2) is 25.0 Å². The van der Waals surface area contributed by atoms with E-state index in [0.29, 0.717) is 12.4 Å². The van der Waals surface area contributed by atoms with E-state index in [4.69, 9.17) is 9.47 Å². The van der Waals surface area contributed by atoms with Crippen molar-refractivity contribution in [1.29, 1.82) is 0 Å². The highest BCUT2D eigenvalue weighted by Gasteiger charge is 2.24. The summed E-state index contributed by atoms with van der Waals surface area (Å²) in [7, 11) is 1.24. The molecule has 0 radical (unpaired) electrons. The van der Waals surface area contributed by atoms with Crippen molar-refractivity contribution in [3.05, 3.63) is 101 Å². The molecule has 0 fully saturated rings. The normalized spacial score (nSPS) is 11.4. The Morgan fingerprint density at radius 3 is 2.37 bits per heavy atom. The summed E-state index contributed by atoms with van der Waals surface area (Å²) in [6.45, 7) is 0.411. The van der Waals surface area contributed by atoms with E-state index in [0.717, 1.165) is 11.1 Å². The minimum absolute atomic E-state index is 0.133. The number of rotatable bonds is 8. The number of carbonyl (C=O) groups excluding carboxylic acids is 2. The molecule has 154 valence electrons. The van der Waals surface area contributed by atoms with Crippen LogP contribution in [-0.2, 0) is 22.6 Å². The van der Waals surface area contributed by atoms with Gasteiger partial charge in [-0.1, -0.05) is 54.6 Å². The van der Waals surface area contributed by atoms with Crippen LogP contribution in [0.2, 0.25) is 0 Å². The third kappa shape index (κ3) is 5.67. The van der Waals surface area contributed by atoms with Crippen LogP contribution in [0.25, 0.3) is 0 Å². The predicted molar refractivity (Wildman–Crippen MR) is 111 cm³/mol. The molecule has 3 rings (SSSR count). The molecule has 0 saturated carbocycles. The van der Waals surface area contributed by atoms with Crippen molar-refractivity contribution in [1.82, 2.24) is 5.32 Å². The summed E-state index contributed by atoms with van der Waals surface area (Å²) in [6.07, 6.45) is 0.176. The molecule has 6 heteroatoms. The van der Waals surface area contributed by atoms with Gasteiger partial charge in [-0.15, -0.1) is 0 Å². The second-order valence-electron chi connectivity index (χ2n) is 6.65. The van der Waals surface area contributed by atoms with E-state index in [2.05, 4.69) is 5.32 Å². The third-order valence-electron chi connectivity index (χ3n) is 4.50. The number of amides is 1. The number of halogens is 1. The van der Waals surface area contributed by atoms with Crippen molar-refractivity contribution in [3.63, 3.8) is 0 Å². The second-order valence-corrected chi connectivity index (χ2v) is 6.65. The Balaban J connectivity index is 1.69. The van der Waals surface area contributed by atoms with Crippen LogP contribution in [0.3, 0.4) is 0 Å². The lowest BCUT2D eigenvalue weighted by molar-refractivity contribution is -0.142. The molecule has 1 atom stereocenters. The monoisotopic (exact) mass is 407 g/mol. The number of benzene rings is 3. The highest BCUT2D eigenvalue weighted by molar-refractivity contribution is 5.97. The molecule has 1 amide bonds. The Labute approximate surface area is 174 Å². The van der Waals surface area contributed by atoms with Crippen molar-refractivity contribution in [2.24, 2.45) is 0 Å². The molecule has 0 bridgehead atoms. The molecule has 0 aliphatic heterocycles. The number of nitrogens with one attached hydrogen (secondary N) is 1. The Morgan fingerprint density at radius 2 is 1.63 bits per heavy atom. The van der Waals surface area contributed by atoms with Gasteiger partial charge in [-0.05, 0) is 35.4 Å². The second kappa shape index (κ2) is 10.2. The number of hydrogen-bond acceptors (Lipinski definition) is 4. The van der Waals surface area contributed by atoms with Crippen LogP contribution in [0.15, 0.2) is 78.9 Å². The minimum Gasteiger partial charge on any atom is -0.489 e. The maximum Gasteiger partial charge on any atom is 0.328 e. The van der Waals surface area contributed by atoms with Gasteiger partial charge in [0.15, 0.2) is 0 Å². The molecule has 0 aliphatic carbocycles. The molecule has 0 aromatic heterocycles. The number of esters is 1. The first-order chi connectivity index (χ1) is 14.6. The third-order valence-corrected chi connectivity index (χ3v) is 4.50. The zero-order chi connectivity index (χ0) is 21.3. The zero-order valence-corrected chi connectivity index (χ0v) is 16.5. The standard InChI is InChI=1S/C24H22FNO4/c1-29-24(28)22(26-23(27)20-12-5-6-13-21(20)25)15-18-10-7-11-19(14-18)30-16-17-8-3-2-4-9-17/h2-14,22H,15-16H2,1H3,(H,26,27)/t22-/m0/s1. The number of carbonyl (C=O) groups is 2. The van der Waals surface area contributed by atoms with Gasteiger partial charge in [0.1, 0.15) is 24.2 Å². The fraction of sp³-hybridized carbons (Fsp3) is 0.167. The molecule has 0 heterocycles. The largest absolute Gasteiger partial charge is 0.489 e. The Morgan fingerprint density at radius 1 is 0.933 bits per heavy atom. The van der Waals surface area contributed by atoms with Crippen LogP contribution < -0.4 is 10.1 Å². The highest BCUT2D eigenvalue weighted by atomic mass is 19.1. The van der Waals surface area contributed by atoms with E-state index >= 15 is 0 Å². The summed E-state index contributed by atoms with van der Waals surface area (Å²) in [6, 6.07) is 21.6. The lowest BCUT2D eigenvalue weighted by Gasteiger charge is -2.17. The van der Waals surface area contributed by atoms with E-state index in [1.54, 1.807) is 12.1 Å². The van der Waals surface area contributed by atoms with E-state index < -0.39 is 23.7 Å². The molecule has 0 spiro atoms. The first-order valence-corrected chi connectivity index (χ1v) is 9.45. The highest BCUT2D eigenvalue weighted by Crippen LogP contribution is 2.17. The molecule has 5 nitrogen and oxygen atoms in total. The van der Waals surface area contributed by atoms with Crippen LogP contribution in [0.4, 0.5) is 4.39 Å². The summed E-state index contributed by atoms with van der Waals surface area (Å²) in [5.41, 5.74) is 1.67. The first kappa shape index (κ1) is 21.0. The Hall–Kier alpha value is -3.67. The van der Waals surface area contributed by atoms with Gasteiger partial charge in [-0.2, -0.15) is 0 Å². The molecule has 30 heavy (non-hydrogen) atoms. The summed E-state index contributed by atoms with van der Waals surface area (Å²) < 4.78 is 24.5. The summed E-state index contributed by atoms with van der Waals surface area (Å²) >= 11 is 0. The molecule has 1 N–H and O–H groups in total. The first-order valence-electron chi connectivity index (χ1n) is 9.45. The fourth-order valence-electron chi connectivity index (χ4n) is 2.96. The van der Waals surface area contributed by atoms with Gasteiger partial charge < -0.3 is 14.8 Å². The topological polar surface area (TPSA) is 64.6 Å². The summed E-state index contributed by atoms with van der Waals surface area (Å²) in [5.74, 6) is -1.31. The van der Waals surface area contributed by atoms with Gasteiger partial charge in [0, 0.05) is 6.42 Å². The Bertz CT molecular complexity index is 1010. The average Bonchev–Trinajstić information content (AvgIpc) is 2.78. The summed E-state index contributed by atoms with van der Waals surface area (Å²) in [5, 5.41) is 2.56. The molecular weight excluding hydrogens is 385 g/mol. The number of hydrogen-bond donors (Lipinski definition) is 1. The van der Waals surface area contributed by atoms with E-state index in [1.165, 1.54) is 25.3 Å². The summed E-state index contributed by atoms with van der Waals surface area (Å²) in [4.78, 5) is 24.6. The van der Waals surface area contributed by atoms with Crippen LogP contribution in [0.5, 0.6) is 5.75 Å². The molecule has 3 aromatic rings. The van der Waals surface area contributed by atoms with Crippen LogP contribution >= 0.6 is 0 Å². The number of ether oxygens (including phenoxy) is 2. The predicted octanol–water partition coefficient (Wildman–Crippen LogP) is 3.92. The fourth-order valence-corrected chi connectivity index (χ4v) is 2.96. The lowest BCUT2D eigenvalue weighted by atomic mass is 10.0. The molecule has 0 aliphatic rings. The molecule has 0 unspecified atom stereocenters. The smallest absolute Gasteiger partial charge is 0.328 e. The van der Waals surface area contributed by atoms with Crippen molar-refractivity contribution in [3.8, 4) is 5.75 Å². The van der Waals surface area contributed by atoms with Crippen molar-refractivity contribution in [2.45, 2.75) is 19.1 Å². The van der Waals surface area contributed by atoms with E-state index in [1.807, 2.05) is 48.5 Å². The van der Waals surface area contributed by atoms with E-state index in [-0.39, 0.29) is 12.0 Å². The SMILES string of the molecule is COC(=O)[C@H](Cc1cccc(OCc2ccccc2)c1)NC(=O)c1ccccc1F. The van der Waals surface area contributed by atoms with Crippen molar-refractivity contribution in [2.75, 3.05) is 7.11 Å². The average molecular weight is 407 g/mol. The molecule has 0 saturated heterocycles. The van der Waals surface area contributed by atoms with Crippen molar-refractivity contribution >= 4 is 11.9 Å². The van der Waals surface area contributed by atoms with Crippen molar-refractivity contribution < 1.29 is 23.5 Å². The zero-order valence-electron chi connectivity index (χ0n) is 16.5.